The first-order valence-electron chi connectivity index (χ1n) is 10.4. The molecule has 1 aliphatic carbocycles. The molecule has 1 aliphatic rings. The Balaban J connectivity index is 1.28. The van der Waals surface area contributed by atoms with Crippen LogP contribution in [-0.4, -0.2) is 36.2 Å². The standard InChI is InChI=1S/C26H19ClN2O5/c27-23-12-11-16(14-21(23)25(31)32)29-24(30)10-5-13-28-26(33)34-15-22-19-8-3-1-6-17(19)18-7-2-4-9-20(18)22/h1-4,6-9,11-12,14,22H,13,15H2,(H,28,33)(H,29,30)(H,31,32). The second-order valence-electron chi connectivity index (χ2n) is 7.43. The van der Waals surface area contributed by atoms with Crippen LogP contribution in [0.25, 0.3) is 11.1 Å². The molecule has 0 aliphatic heterocycles. The lowest BCUT2D eigenvalue weighted by Crippen LogP contribution is -2.26. The van der Waals surface area contributed by atoms with E-state index in [4.69, 9.17) is 21.4 Å². The number of carboxylic acid groups (broad SMARTS) is 1. The summed E-state index contributed by atoms with van der Waals surface area (Å²) in [5.41, 5.74) is 4.61. The number of amides is 2. The van der Waals surface area contributed by atoms with Crippen LogP contribution in [0.15, 0.2) is 66.7 Å². The number of carboxylic acids is 1. The first-order valence-corrected chi connectivity index (χ1v) is 10.7. The van der Waals surface area contributed by atoms with Gasteiger partial charge in [-0.3, -0.25) is 4.79 Å². The summed E-state index contributed by atoms with van der Waals surface area (Å²) in [7, 11) is 0. The van der Waals surface area contributed by atoms with E-state index < -0.39 is 18.0 Å². The van der Waals surface area contributed by atoms with Crippen molar-refractivity contribution in [1.82, 2.24) is 5.32 Å². The summed E-state index contributed by atoms with van der Waals surface area (Å²) >= 11 is 5.80. The highest BCUT2D eigenvalue weighted by Gasteiger charge is 2.28. The zero-order valence-electron chi connectivity index (χ0n) is 17.8. The first kappa shape index (κ1) is 22.9. The Morgan fingerprint density at radius 1 is 0.971 bits per heavy atom. The molecular formula is C26H19ClN2O5. The van der Waals surface area contributed by atoms with Crippen molar-refractivity contribution in [3.8, 4) is 23.0 Å². The maximum absolute atomic E-state index is 12.1. The summed E-state index contributed by atoms with van der Waals surface area (Å²) in [5, 5.41) is 14.1. The van der Waals surface area contributed by atoms with E-state index in [0.29, 0.717) is 0 Å². The molecule has 0 unspecified atom stereocenters. The molecule has 0 aromatic heterocycles. The van der Waals surface area contributed by atoms with Crippen LogP contribution in [0.5, 0.6) is 0 Å². The number of hydrogen-bond donors (Lipinski definition) is 3. The number of fused-ring (bicyclic) bond motifs is 3. The van der Waals surface area contributed by atoms with E-state index >= 15 is 0 Å². The van der Waals surface area contributed by atoms with Crippen molar-refractivity contribution in [1.29, 1.82) is 0 Å². The molecule has 0 spiro atoms. The largest absolute Gasteiger partial charge is 0.478 e. The van der Waals surface area contributed by atoms with Gasteiger partial charge in [0.05, 0.1) is 17.1 Å². The van der Waals surface area contributed by atoms with Gasteiger partial charge in [0.15, 0.2) is 0 Å². The van der Waals surface area contributed by atoms with E-state index in [1.165, 1.54) is 18.2 Å². The Morgan fingerprint density at radius 2 is 1.62 bits per heavy atom. The van der Waals surface area contributed by atoms with E-state index in [2.05, 4.69) is 34.6 Å². The molecule has 3 aromatic rings. The third-order valence-corrected chi connectivity index (χ3v) is 5.65. The van der Waals surface area contributed by atoms with Gasteiger partial charge in [-0.15, -0.1) is 0 Å². The van der Waals surface area contributed by atoms with Crippen LogP contribution in [0.2, 0.25) is 5.02 Å². The molecule has 3 aromatic carbocycles. The van der Waals surface area contributed by atoms with Gasteiger partial charge in [0.1, 0.15) is 6.61 Å². The summed E-state index contributed by atoms with van der Waals surface area (Å²) in [6, 6.07) is 20.1. The van der Waals surface area contributed by atoms with Gasteiger partial charge >= 0.3 is 12.1 Å². The molecule has 170 valence electrons. The SMILES string of the molecule is O=C(C#CCNC(=O)OCC1c2ccccc2-c2ccccc21)Nc1ccc(Cl)c(C(=O)O)c1. The van der Waals surface area contributed by atoms with Gasteiger partial charge in [0.25, 0.3) is 5.91 Å². The fraction of sp³-hybridized carbons (Fsp3) is 0.115. The van der Waals surface area contributed by atoms with Crippen LogP contribution < -0.4 is 10.6 Å². The van der Waals surface area contributed by atoms with Crippen molar-refractivity contribution >= 4 is 35.3 Å². The Labute approximate surface area is 200 Å². The maximum Gasteiger partial charge on any atom is 0.407 e. The molecule has 2 amide bonds. The summed E-state index contributed by atoms with van der Waals surface area (Å²) in [6.45, 7) is 0.0847. The summed E-state index contributed by atoms with van der Waals surface area (Å²) in [5.74, 6) is 2.93. The molecule has 8 heteroatoms. The number of alkyl carbamates (subject to hydrolysis) is 1. The average molecular weight is 475 g/mol. The molecule has 0 fully saturated rings. The lowest BCUT2D eigenvalue weighted by Gasteiger charge is -2.14. The van der Waals surface area contributed by atoms with E-state index in [0.717, 1.165) is 22.3 Å². The van der Waals surface area contributed by atoms with Gasteiger partial charge in [-0.25, -0.2) is 9.59 Å². The molecule has 0 atom stereocenters. The fourth-order valence-electron chi connectivity index (χ4n) is 3.82. The molecule has 0 bridgehead atoms. The zero-order chi connectivity index (χ0) is 24.1. The predicted molar refractivity (Wildman–Crippen MR) is 128 cm³/mol. The highest BCUT2D eigenvalue weighted by Crippen LogP contribution is 2.44. The zero-order valence-corrected chi connectivity index (χ0v) is 18.6. The maximum atomic E-state index is 12.1. The van der Waals surface area contributed by atoms with Gasteiger partial charge < -0.3 is 20.5 Å². The second kappa shape index (κ2) is 10.1. The van der Waals surface area contributed by atoms with Crippen LogP contribution in [0.3, 0.4) is 0 Å². The fourth-order valence-corrected chi connectivity index (χ4v) is 4.02. The van der Waals surface area contributed by atoms with Crippen LogP contribution in [0.1, 0.15) is 27.4 Å². The molecule has 34 heavy (non-hydrogen) atoms. The number of rotatable bonds is 5. The van der Waals surface area contributed by atoms with Gasteiger partial charge in [-0.2, -0.15) is 0 Å². The number of carbonyl (C=O) groups excluding carboxylic acids is 2. The second-order valence-corrected chi connectivity index (χ2v) is 7.84. The lowest BCUT2D eigenvalue weighted by atomic mass is 9.98. The number of nitrogens with one attached hydrogen (secondary N) is 2. The highest BCUT2D eigenvalue weighted by atomic mass is 35.5. The number of aromatic carboxylic acids is 1. The third-order valence-electron chi connectivity index (χ3n) is 5.32. The molecule has 0 saturated heterocycles. The lowest BCUT2D eigenvalue weighted by molar-refractivity contribution is -0.111. The monoisotopic (exact) mass is 474 g/mol. The molecule has 0 heterocycles. The Kier molecular flexibility index (Phi) is 6.81. The summed E-state index contributed by atoms with van der Waals surface area (Å²) < 4.78 is 5.40. The molecule has 3 N–H and O–H groups in total. The average Bonchev–Trinajstić information content (AvgIpc) is 3.15. The number of benzene rings is 3. The van der Waals surface area contributed by atoms with Crippen molar-refractivity contribution in [2.75, 3.05) is 18.5 Å². The molecule has 0 saturated carbocycles. The van der Waals surface area contributed by atoms with Crippen LogP contribution >= 0.6 is 11.6 Å². The van der Waals surface area contributed by atoms with Gasteiger partial charge in [0.2, 0.25) is 0 Å². The number of hydrogen-bond acceptors (Lipinski definition) is 4. The van der Waals surface area contributed by atoms with Crippen molar-refractivity contribution in [2.45, 2.75) is 5.92 Å². The molecule has 7 nitrogen and oxygen atoms in total. The third kappa shape index (κ3) is 5.03. The number of ether oxygens (including phenoxy) is 1. The minimum absolute atomic E-state index is 0.0509. The normalized spacial score (nSPS) is 11.4. The van der Waals surface area contributed by atoms with Crippen molar-refractivity contribution in [3.05, 3.63) is 88.4 Å². The molecule has 0 radical (unpaired) electrons. The minimum atomic E-state index is -1.21. The predicted octanol–water partition coefficient (Wildman–Crippen LogP) is 4.52. The Morgan fingerprint density at radius 3 is 2.26 bits per heavy atom. The molecule has 4 rings (SSSR count). The van der Waals surface area contributed by atoms with Crippen molar-refractivity contribution in [3.63, 3.8) is 0 Å². The van der Waals surface area contributed by atoms with Crippen LogP contribution in [0.4, 0.5) is 10.5 Å². The summed E-state index contributed by atoms with van der Waals surface area (Å²) in [4.78, 5) is 35.2. The number of halogens is 1. The number of carbonyl (C=O) groups is 3. The van der Waals surface area contributed by atoms with Gasteiger partial charge in [0, 0.05) is 11.6 Å². The van der Waals surface area contributed by atoms with Crippen LogP contribution in [0, 0.1) is 11.8 Å². The highest BCUT2D eigenvalue weighted by molar-refractivity contribution is 6.33. The summed E-state index contributed by atoms with van der Waals surface area (Å²) in [6.07, 6.45) is -0.639. The first-order chi connectivity index (χ1) is 16.4. The quantitative estimate of drug-likeness (QED) is 0.472. The smallest absolute Gasteiger partial charge is 0.407 e. The van der Waals surface area contributed by atoms with Crippen molar-refractivity contribution < 1.29 is 24.2 Å². The van der Waals surface area contributed by atoms with Crippen LogP contribution in [-0.2, 0) is 9.53 Å². The van der Waals surface area contributed by atoms with E-state index in [9.17, 15) is 14.4 Å². The van der Waals surface area contributed by atoms with E-state index in [1.807, 2.05) is 36.4 Å². The topological polar surface area (TPSA) is 105 Å². The Bertz CT molecular complexity index is 1300. The van der Waals surface area contributed by atoms with E-state index in [1.54, 1.807) is 0 Å². The number of anilines is 1. The van der Waals surface area contributed by atoms with Gasteiger partial charge in [-0.05, 0) is 46.4 Å². The van der Waals surface area contributed by atoms with Gasteiger partial charge in [-0.1, -0.05) is 66.1 Å². The van der Waals surface area contributed by atoms with E-state index in [-0.39, 0.29) is 35.3 Å². The molecular weight excluding hydrogens is 456 g/mol. The Hall–Kier alpha value is -4.28. The minimum Gasteiger partial charge on any atom is -0.478 e. The van der Waals surface area contributed by atoms with Crippen molar-refractivity contribution in [2.24, 2.45) is 0 Å².